The summed E-state index contributed by atoms with van der Waals surface area (Å²) in [6.45, 7) is 2.75. The van der Waals surface area contributed by atoms with Gasteiger partial charge in [-0.1, -0.05) is 11.6 Å². The fraction of sp³-hybridized carbons (Fsp3) is 0.464. The van der Waals surface area contributed by atoms with E-state index in [0.717, 1.165) is 86.8 Å². The van der Waals surface area contributed by atoms with Crippen LogP contribution in [0.3, 0.4) is 0 Å². The van der Waals surface area contributed by atoms with Crippen LogP contribution in [0.5, 0.6) is 5.75 Å². The number of piperidine rings is 1. The van der Waals surface area contributed by atoms with E-state index in [0.29, 0.717) is 11.4 Å². The predicted octanol–water partition coefficient (Wildman–Crippen LogP) is 5.23. The van der Waals surface area contributed by atoms with Crippen LogP contribution in [0, 0.1) is 5.41 Å². The van der Waals surface area contributed by atoms with Crippen LogP contribution < -0.4 is 10.2 Å². The van der Waals surface area contributed by atoms with Crippen LogP contribution >= 0.6 is 11.6 Å². The Morgan fingerprint density at radius 1 is 1.14 bits per heavy atom. The summed E-state index contributed by atoms with van der Waals surface area (Å²) in [5, 5.41) is 11.1. The molecule has 1 amide bonds. The van der Waals surface area contributed by atoms with Gasteiger partial charge in [0.1, 0.15) is 5.75 Å². The summed E-state index contributed by atoms with van der Waals surface area (Å²) in [5.74, 6) is 0.490. The SMILES string of the molecule is COc1ccc2ncc(Cl)c(CCCC3(C(=O)NO)CCN(CCCCc4ccncc4)CC3)c2c1. The number of amides is 1. The van der Waals surface area contributed by atoms with Gasteiger partial charge in [-0.3, -0.25) is 20.0 Å². The molecule has 0 saturated carbocycles. The number of benzene rings is 1. The molecule has 2 aromatic heterocycles. The lowest BCUT2D eigenvalue weighted by atomic mass is 9.73. The largest absolute Gasteiger partial charge is 0.497 e. The quantitative estimate of drug-likeness (QED) is 0.209. The Hall–Kier alpha value is -2.74. The summed E-state index contributed by atoms with van der Waals surface area (Å²) >= 11 is 6.53. The van der Waals surface area contributed by atoms with Gasteiger partial charge in [0.25, 0.3) is 0 Å². The first-order valence-corrected chi connectivity index (χ1v) is 13.1. The molecule has 1 aliphatic rings. The molecule has 8 heteroatoms. The van der Waals surface area contributed by atoms with E-state index in [4.69, 9.17) is 16.3 Å². The number of nitrogens with one attached hydrogen (secondary N) is 1. The molecule has 0 unspecified atom stereocenters. The van der Waals surface area contributed by atoms with Gasteiger partial charge in [-0.25, -0.2) is 5.48 Å². The van der Waals surface area contributed by atoms with Gasteiger partial charge in [-0.15, -0.1) is 0 Å². The number of halogens is 1. The number of likely N-dealkylation sites (tertiary alicyclic amines) is 1. The molecule has 1 aromatic carbocycles. The Morgan fingerprint density at radius 2 is 1.92 bits per heavy atom. The highest BCUT2D eigenvalue weighted by atomic mass is 35.5. The van der Waals surface area contributed by atoms with E-state index in [1.54, 1.807) is 13.3 Å². The van der Waals surface area contributed by atoms with Crippen LogP contribution in [0.1, 0.15) is 49.7 Å². The number of fused-ring (bicyclic) bond motifs is 1. The lowest BCUT2D eigenvalue weighted by Gasteiger charge is -2.40. The zero-order valence-corrected chi connectivity index (χ0v) is 21.6. The van der Waals surface area contributed by atoms with E-state index in [2.05, 4.69) is 27.0 Å². The van der Waals surface area contributed by atoms with Gasteiger partial charge in [0.2, 0.25) is 5.91 Å². The van der Waals surface area contributed by atoms with Crippen LogP contribution in [0.4, 0.5) is 0 Å². The molecule has 2 N–H and O–H groups in total. The van der Waals surface area contributed by atoms with Crippen LogP contribution in [0.15, 0.2) is 48.9 Å². The second-order valence-corrected chi connectivity index (χ2v) is 10.1. The fourth-order valence-electron chi connectivity index (χ4n) is 5.31. The molecule has 3 aromatic rings. The molecular weight excluding hydrogens is 476 g/mol. The van der Waals surface area contributed by atoms with Crippen LogP contribution in [-0.4, -0.2) is 52.7 Å². The minimum Gasteiger partial charge on any atom is -0.497 e. The second kappa shape index (κ2) is 12.5. The highest BCUT2D eigenvalue weighted by Gasteiger charge is 2.40. The van der Waals surface area contributed by atoms with Crippen molar-refractivity contribution >= 4 is 28.4 Å². The van der Waals surface area contributed by atoms with Gasteiger partial charge in [-0.2, -0.15) is 0 Å². The van der Waals surface area contributed by atoms with E-state index in [1.165, 1.54) is 5.56 Å². The lowest BCUT2D eigenvalue weighted by Crippen LogP contribution is -2.48. The number of ether oxygens (including phenoxy) is 1. The van der Waals surface area contributed by atoms with Gasteiger partial charge >= 0.3 is 0 Å². The molecule has 1 saturated heterocycles. The number of carbonyl (C=O) groups is 1. The molecule has 192 valence electrons. The molecule has 1 aliphatic heterocycles. The Balaban J connectivity index is 1.32. The Bertz CT molecular complexity index is 1150. The number of aromatic nitrogens is 2. The van der Waals surface area contributed by atoms with Crippen molar-refractivity contribution in [2.45, 2.75) is 51.4 Å². The van der Waals surface area contributed by atoms with E-state index >= 15 is 0 Å². The smallest absolute Gasteiger partial charge is 0.249 e. The van der Waals surface area contributed by atoms with Crippen molar-refractivity contribution in [1.29, 1.82) is 0 Å². The topological polar surface area (TPSA) is 87.6 Å². The average molecular weight is 511 g/mol. The third-order valence-electron chi connectivity index (χ3n) is 7.55. The summed E-state index contributed by atoms with van der Waals surface area (Å²) < 4.78 is 5.39. The third-order valence-corrected chi connectivity index (χ3v) is 7.88. The maximum atomic E-state index is 12.8. The summed E-state index contributed by atoms with van der Waals surface area (Å²) in [4.78, 5) is 23.7. The number of hydroxylamine groups is 1. The third kappa shape index (κ3) is 6.33. The van der Waals surface area contributed by atoms with Crippen LogP contribution in [0.25, 0.3) is 10.9 Å². The van der Waals surface area contributed by atoms with Gasteiger partial charge in [0.05, 0.1) is 23.1 Å². The predicted molar refractivity (Wildman–Crippen MR) is 141 cm³/mol. The number of methoxy groups -OCH3 is 1. The minimum absolute atomic E-state index is 0.271. The monoisotopic (exact) mass is 510 g/mol. The summed E-state index contributed by atoms with van der Waals surface area (Å²) in [5.41, 5.74) is 4.60. The summed E-state index contributed by atoms with van der Waals surface area (Å²) in [6, 6.07) is 9.93. The van der Waals surface area contributed by atoms with Crippen molar-refractivity contribution in [2.75, 3.05) is 26.7 Å². The molecule has 4 rings (SSSR count). The number of rotatable bonds is 11. The number of aryl methyl sites for hydroxylation is 2. The molecule has 0 bridgehead atoms. The highest BCUT2D eigenvalue weighted by Crippen LogP contribution is 2.38. The van der Waals surface area contributed by atoms with Crippen LogP contribution in [0.2, 0.25) is 5.02 Å². The Morgan fingerprint density at radius 3 is 2.64 bits per heavy atom. The molecule has 36 heavy (non-hydrogen) atoms. The Labute approximate surface area is 217 Å². The van der Waals surface area contributed by atoms with Gasteiger partial charge < -0.3 is 9.64 Å². The first kappa shape index (κ1) is 26.3. The van der Waals surface area contributed by atoms with Crippen molar-refractivity contribution in [1.82, 2.24) is 20.3 Å². The first-order valence-electron chi connectivity index (χ1n) is 12.7. The minimum atomic E-state index is -0.560. The van der Waals surface area contributed by atoms with Gasteiger partial charge in [-0.05, 0) is 112 Å². The van der Waals surface area contributed by atoms with Gasteiger partial charge in [0.15, 0.2) is 0 Å². The van der Waals surface area contributed by atoms with Crippen LogP contribution in [-0.2, 0) is 17.6 Å². The normalized spacial score (nSPS) is 15.6. The van der Waals surface area contributed by atoms with Gasteiger partial charge in [0, 0.05) is 24.0 Å². The van der Waals surface area contributed by atoms with Crippen molar-refractivity contribution in [2.24, 2.45) is 5.41 Å². The van der Waals surface area contributed by atoms with Crippen molar-refractivity contribution < 1.29 is 14.7 Å². The molecule has 3 heterocycles. The number of hydrogen-bond acceptors (Lipinski definition) is 6. The summed E-state index contributed by atoms with van der Waals surface area (Å²) in [7, 11) is 1.64. The number of carbonyl (C=O) groups excluding carboxylic acids is 1. The molecule has 0 atom stereocenters. The molecule has 0 spiro atoms. The van der Waals surface area contributed by atoms with Crippen molar-refractivity contribution in [3.8, 4) is 5.75 Å². The maximum Gasteiger partial charge on any atom is 0.249 e. The molecule has 7 nitrogen and oxygen atoms in total. The van der Waals surface area contributed by atoms with E-state index in [1.807, 2.05) is 36.1 Å². The number of hydrogen-bond donors (Lipinski definition) is 2. The van der Waals surface area contributed by atoms with E-state index in [9.17, 15) is 10.0 Å². The molecular formula is C28H35ClN4O3. The maximum absolute atomic E-state index is 12.8. The molecule has 0 aliphatic carbocycles. The number of pyridine rings is 2. The second-order valence-electron chi connectivity index (χ2n) is 9.70. The fourth-order valence-corrected chi connectivity index (χ4v) is 5.56. The standard InChI is InChI=1S/C28H35ClN4O3/c1-36-22-7-8-26-24(19-22)23(25(29)20-31-26)6-4-11-28(27(34)32-35)12-17-33(18-13-28)16-3-2-5-21-9-14-30-15-10-21/h7-10,14-15,19-20,35H,2-6,11-13,16-18H2,1H3,(H,32,34). The summed E-state index contributed by atoms with van der Waals surface area (Å²) in [6.07, 6.45) is 12.4. The van der Waals surface area contributed by atoms with E-state index in [-0.39, 0.29) is 5.91 Å². The average Bonchev–Trinajstić information content (AvgIpc) is 2.93. The Kier molecular flexibility index (Phi) is 9.13. The number of unbranched alkanes of at least 4 members (excludes halogenated alkanes) is 1. The van der Waals surface area contributed by atoms with E-state index < -0.39 is 5.41 Å². The molecule has 1 fully saturated rings. The lowest BCUT2D eigenvalue weighted by molar-refractivity contribution is -0.143. The van der Waals surface area contributed by atoms with Crippen molar-refractivity contribution in [3.63, 3.8) is 0 Å². The highest BCUT2D eigenvalue weighted by molar-refractivity contribution is 6.32. The molecule has 0 radical (unpaired) electrons. The zero-order valence-electron chi connectivity index (χ0n) is 20.9. The zero-order chi connectivity index (χ0) is 25.4. The number of nitrogens with zero attached hydrogens (tertiary/aromatic N) is 3. The van der Waals surface area contributed by atoms with Crippen molar-refractivity contribution in [3.05, 3.63) is 65.1 Å². The first-order chi connectivity index (χ1) is 17.5.